The molecule has 1 heterocycles. The van der Waals surface area contributed by atoms with Gasteiger partial charge in [0.2, 0.25) is 0 Å². The van der Waals surface area contributed by atoms with E-state index in [1.54, 1.807) is 4.90 Å². The van der Waals surface area contributed by atoms with Gasteiger partial charge in [-0.05, 0) is 33.1 Å². The van der Waals surface area contributed by atoms with Crippen molar-refractivity contribution in [2.45, 2.75) is 51.6 Å². The van der Waals surface area contributed by atoms with Crippen LogP contribution in [0.4, 0.5) is 4.79 Å². The molecule has 0 aliphatic carbocycles. The average Bonchev–Trinajstić information content (AvgIpc) is 2.32. The van der Waals surface area contributed by atoms with Crippen LogP contribution in [0, 0.1) is 0 Å². The molecule has 2 amide bonds. The quantitative estimate of drug-likeness (QED) is 0.755. The first-order valence-corrected chi connectivity index (χ1v) is 9.03. The van der Waals surface area contributed by atoms with Gasteiger partial charge in [0.25, 0.3) is 0 Å². The summed E-state index contributed by atoms with van der Waals surface area (Å²) in [6.07, 6.45) is 1.61. The molecule has 0 radical (unpaired) electrons. The highest BCUT2D eigenvalue weighted by Crippen LogP contribution is 2.13. The number of carbonyl (C=O) groups excluding carboxylic acids is 1. The minimum atomic E-state index is -3.06. The molecule has 1 unspecified atom stereocenters. The van der Waals surface area contributed by atoms with Crippen molar-refractivity contribution in [3.63, 3.8) is 0 Å². The second-order valence-electron chi connectivity index (χ2n) is 5.69. The van der Waals surface area contributed by atoms with E-state index < -0.39 is 15.8 Å². The van der Waals surface area contributed by atoms with Crippen LogP contribution in [0.2, 0.25) is 0 Å². The van der Waals surface area contributed by atoms with E-state index in [1.807, 2.05) is 13.8 Å². The second-order valence-corrected chi connectivity index (χ2v) is 7.92. The van der Waals surface area contributed by atoms with Gasteiger partial charge in [-0.1, -0.05) is 0 Å². The SMILES string of the molecule is CC(C)N(CCCC(=O)O)C(=O)NC1CCCS(=O)(=O)C1. The number of hydrogen-bond acceptors (Lipinski definition) is 4. The third kappa shape index (κ3) is 6.33. The van der Waals surface area contributed by atoms with Crippen LogP contribution < -0.4 is 5.32 Å². The first-order chi connectivity index (χ1) is 9.71. The summed E-state index contributed by atoms with van der Waals surface area (Å²) in [6, 6.07) is -0.742. The zero-order valence-electron chi connectivity index (χ0n) is 12.5. The van der Waals surface area contributed by atoms with E-state index in [9.17, 15) is 18.0 Å². The van der Waals surface area contributed by atoms with Gasteiger partial charge in [0, 0.05) is 25.0 Å². The number of nitrogens with zero attached hydrogens (tertiary/aromatic N) is 1. The molecule has 0 aromatic rings. The molecule has 1 fully saturated rings. The van der Waals surface area contributed by atoms with Crippen LogP contribution in [0.5, 0.6) is 0 Å². The lowest BCUT2D eigenvalue weighted by molar-refractivity contribution is -0.137. The number of nitrogens with one attached hydrogen (secondary N) is 1. The van der Waals surface area contributed by atoms with Crippen molar-refractivity contribution in [3.05, 3.63) is 0 Å². The number of carboxylic acids is 1. The van der Waals surface area contributed by atoms with E-state index in [-0.39, 0.29) is 36.0 Å². The van der Waals surface area contributed by atoms with Gasteiger partial charge in [-0.3, -0.25) is 4.79 Å². The predicted octanol–water partition coefficient (Wildman–Crippen LogP) is 0.848. The maximum atomic E-state index is 12.2. The van der Waals surface area contributed by atoms with Crippen molar-refractivity contribution in [3.8, 4) is 0 Å². The lowest BCUT2D eigenvalue weighted by Gasteiger charge is -2.30. The molecular weight excluding hydrogens is 296 g/mol. The second kappa shape index (κ2) is 7.63. The Balaban J connectivity index is 2.54. The van der Waals surface area contributed by atoms with Crippen LogP contribution in [0.3, 0.4) is 0 Å². The van der Waals surface area contributed by atoms with Crippen molar-refractivity contribution < 1.29 is 23.1 Å². The molecule has 0 aromatic carbocycles. The lowest BCUT2D eigenvalue weighted by Crippen LogP contribution is -2.51. The summed E-state index contributed by atoms with van der Waals surface area (Å²) in [4.78, 5) is 24.3. The van der Waals surface area contributed by atoms with E-state index in [4.69, 9.17) is 5.11 Å². The standard InChI is InChI=1S/C13H24N2O5S/c1-10(2)15(7-3-6-12(16)17)13(18)14-11-5-4-8-21(19,20)9-11/h10-11H,3-9H2,1-2H3,(H,14,18)(H,16,17). The number of hydrogen-bond donors (Lipinski definition) is 2. The zero-order valence-corrected chi connectivity index (χ0v) is 13.4. The van der Waals surface area contributed by atoms with E-state index in [1.165, 1.54) is 0 Å². The Hall–Kier alpha value is -1.31. The monoisotopic (exact) mass is 320 g/mol. The number of amides is 2. The Morgan fingerprint density at radius 1 is 1.38 bits per heavy atom. The van der Waals surface area contributed by atoms with Gasteiger partial charge in [-0.25, -0.2) is 13.2 Å². The van der Waals surface area contributed by atoms with Gasteiger partial charge in [0.05, 0.1) is 11.5 Å². The maximum Gasteiger partial charge on any atom is 0.317 e. The molecule has 0 aromatic heterocycles. The van der Waals surface area contributed by atoms with Crippen molar-refractivity contribution in [2.24, 2.45) is 0 Å². The predicted molar refractivity (Wildman–Crippen MR) is 78.9 cm³/mol. The van der Waals surface area contributed by atoms with Crippen molar-refractivity contribution in [2.75, 3.05) is 18.1 Å². The van der Waals surface area contributed by atoms with Crippen LogP contribution in [0.1, 0.15) is 39.5 Å². The minimum absolute atomic E-state index is 0.00824. The first kappa shape index (κ1) is 17.7. The number of sulfone groups is 1. The summed E-state index contributed by atoms with van der Waals surface area (Å²) < 4.78 is 23.1. The highest BCUT2D eigenvalue weighted by atomic mass is 32.2. The summed E-state index contributed by atoms with van der Waals surface area (Å²) in [7, 11) is -3.06. The van der Waals surface area contributed by atoms with Crippen molar-refractivity contribution in [1.29, 1.82) is 0 Å². The third-order valence-corrected chi connectivity index (χ3v) is 5.29. The Morgan fingerprint density at radius 2 is 2.05 bits per heavy atom. The van der Waals surface area contributed by atoms with E-state index in [2.05, 4.69) is 5.32 Å². The molecule has 1 rings (SSSR count). The largest absolute Gasteiger partial charge is 0.481 e. The van der Waals surface area contributed by atoms with Gasteiger partial charge in [0.1, 0.15) is 0 Å². The fourth-order valence-electron chi connectivity index (χ4n) is 2.39. The van der Waals surface area contributed by atoms with Gasteiger partial charge >= 0.3 is 12.0 Å². The molecule has 1 saturated heterocycles. The first-order valence-electron chi connectivity index (χ1n) is 7.20. The molecule has 1 atom stereocenters. The molecule has 0 bridgehead atoms. The molecule has 0 spiro atoms. The zero-order chi connectivity index (χ0) is 16.0. The fourth-order valence-corrected chi connectivity index (χ4v) is 4.03. The number of carbonyl (C=O) groups is 2. The Kier molecular flexibility index (Phi) is 6.44. The van der Waals surface area contributed by atoms with Crippen molar-refractivity contribution in [1.82, 2.24) is 10.2 Å². The summed E-state index contributed by atoms with van der Waals surface area (Å²) in [5.74, 6) is -0.719. The Bertz CT molecular complexity index is 475. The van der Waals surface area contributed by atoms with Gasteiger partial charge < -0.3 is 15.3 Å². The van der Waals surface area contributed by atoms with Crippen LogP contribution in [0.25, 0.3) is 0 Å². The number of carboxylic acid groups (broad SMARTS) is 1. The summed E-state index contributed by atoms with van der Waals surface area (Å²) in [5.41, 5.74) is 0. The molecule has 0 saturated carbocycles. The third-order valence-electron chi connectivity index (χ3n) is 3.46. The normalized spacial score (nSPS) is 21.0. The lowest BCUT2D eigenvalue weighted by atomic mass is 10.2. The molecule has 1 aliphatic rings. The van der Waals surface area contributed by atoms with Gasteiger partial charge in [-0.15, -0.1) is 0 Å². The van der Waals surface area contributed by atoms with E-state index >= 15 is 0 Å². The number of aliphatic carboxylic acids is 1. The Labute approximate surface area is 125 Å². The van der Waals surface area contributed by atoms with Crippen LogP contribution in [0.15, 0.2) is 0 Å². The molecular formula is C13H24N2O5S. The highest BCUT2D eigenvalue weighted by molar-refractivity contribution is 7.91. The smallest absolute Gasteiger partial charge is 0.317 e. The summed E-state index contributed by atoms with van der Waals surface area (Å²) >= 11 is 0. The number of urea groups is 1. The summed E-state index contributed by atoms with van der Waals surface area (Å²) in [5, 5.41) is 11.4. The topological polar surface area (TPSA) is 104 Å². The average molecular weight is 320 g/mol. The fraction of sp³-hybridized carbons (Fsp3) is 0.846. The molecule has 2 N–H and O–H groups in total. The Morgan fingerprint density at radius 3 is 2.57 bits per heavy atom. The van der Waals surface area contributed by atoms with Crippen molar-refractivity contribution >= 4 is 21.8 Å². The van der Waals surface area contributed by atoms with E-state index in [0.717, 1.165) is 0 Å². The molecule has 1 aliphatic heterocycles. The highest BCUT2D eigenvalue weighted by Gasteiger charge is 2.27. The number of rotatable bonds is 6. The van der Waals surface area contributed by atoms with Crippen LogP contribution in [-0.4, -0.2) is 60.6 Å². The molecule has 7 nitrogen and oxygen atoms in total. The van der Waals surface area contributed by atoms with Gasteiger partial charge in [-0.2, -0.15) is 0 Å². The van der Waals surface area contributed by atoms with Crippen LogP contribution in [-0.2, 0) is 14.6 Å². The minimum Gasteiger partial charge on any atom is -0.481 e. The molecule has 8 heteroatoms. The maximum absolute atomic E-state index is 12.2. The molecule has 122 valence electrons. The van der Waals surface area contributed by atoms with Crippen LogP contribution >= 0.6 is 0 Å². The van der Waals surface area contributed by atoms with E-state index in [0.29, 0.717) is 25.8 Å². The summed E-state index contributed by atoms with van der Waals surface area (Å²) in [6.45, 7) is 4.03. The van der Waals surface area contributed by atoms with Gasteiger partial charge in [0.15, 0.2) is 9.84 Å². The molecule has 21 heavy (non-hydrogen) atoms.